The SMILES string of the molecule is C[C@H]1CCc2cc3ccc2[C@H]1C[C@@H](S(=O)(=O)[O-])[C@H]1C=C2C[C@H](C[C@H]4C[C@@H](CO)CC#Cc5cc(O)ccc5[C@@H]2O4)[C@@H]1c1ccc(cc1)[C@](N=C(N)N)([C@H]1C=C[C@@H]2CCC[C@]2(O)[C@@H]1Cc1ccccc1)O3.[Na+]. The Bertz CT molecular complexity index is 2910. The van der Waals surface area contributed by atoms with Crippen LogP contribution >= 0.6 is 0 Å². The number of hydrogen-bond donors (Lipinski definition) is 5. The number of nitrogens with two attached hydrogens (primary N) is 2. The van der Waals surface area contributed by atoms with E-state index in [2.05, 4.69) is 43.0 Å². The smallest absolute Gasteiger partial charge is 0.748 e. The first kappa shape index (κ1) is 50.1. The fraction of sp³-hybridized carbons (Fsp3) is 0.466. The Morgan fingerprint density at radius 3 is 2.51 bits per heavy atom. The van der Waals surface area contributed by atoms with Crippen LogP contribution in [0.3, 0.4) is 0 Å². The Balaban J connectivity index is 0.00000582. The molecule has 0 radical (unpaired) electrons. The zero-order valence-corrected chi connectivity index (χ0v) is 43.5. The van der Waals surface area contributed by atoms with Crippen molar-refractivity contribution >= 4 is 16.1 Å². The van der Waals surface area contributed by atoms with Gasteiger partial charge in [-0.25, -0.2) is 13.4 Å². The second-order valence-electron chi connectivity index (χ2n) is 21.6. The summed E-state index contributed by atoms with van der Waals surface area (Å²) in [5, 5.41) is 32.9. The second-order valence-corrected chi connectivity index (χ2v) is 23.2. The number of aryl methyl sites for hydroxylation is 1. The minimum absolute atomic E-state index is 0. The molecule has 0 unspecified atom stereocenters. The molecule has 10 bridgehead atoms. The fourth-order valence-corrected chi connectivity index (χ4v) is 15.4. The maximum atomic E-state index is 14.2. The van der Waals surface area contributed by atoms with E-state index in [9.17, 15) is 28.3 Å². The number of benzene rings is 4. The summed E-state index contributed by atoms with van der Waals surface area (Å²) in [5.41, 5.74) is 17.4. The van der Waals surface area contributed by atoms with Crippen molar-refractivity contribution in [2.45, 2.75) is 118 Å². The third-order valence-corrected chi connectivity index (χ3v) is 18.8. The number of aliphatic hydroxyl groups excluding tert-OH is 1. The molecule has 4 aromatic rings. The van der Waals surface area contributed by atoms with Crippen LogP contribution in [0.5, 0.6) is 11.5 Å². The van der Waals surface area contributed by atoms with Gasteiger partial charge in [-0.1, -0.05) is 104 Å². The number of ether oxygens (including phenoxy) is 2. The van der Waals surface area contributed by atoms with Crippen LogP contribution in [0.2, 0.25) is 0 Å². The third kappa shape index (κ3) is 9.33. The van der Waals surface area contributed by atoms with E-state index in [1.54, 1.807) is 12.1 Å². The number of phenolic OH excluding ortho intramolecular Hbond substituents is 1. The standard InChI is InChI=1S/C58H65N3O8S.Na/c1-34-12-13-39-29-45-20-22-47(39)49(34)32-53(70(65,66)67)50-31-41-27-40(30-46-25-36(33-62)9-5-10-38-28-44(63)19-21-48(38)55(41)68-46)54(50)37-14-16-43(17-15-37)58(69-45,61-56(59)60)51-23-18-42-11-6-24-57(42,64)52(51)26-35-7-3-2-4-8-35;/h2-4,7-8,14-23,28-29,31,34,36,40,42,46,49-55,62-64H,6,9,11-13,24-27,30,32-33H2,1H3,(H4,59,60,61)(H,65,66,67);/q;+1/p-1/t34-,36-,40+,42-,46+,49-,50+,51-,52+,53+,54-,55+,57+,58+;/m0./s1. The summed E-state index contributed by atoms with van der Waals surface area (Å²) >= 11 is 0. The van der Waals surface area contributed by atoms with E-state index in [1.807, 2.05) is 72.8 Å². The van der Waals surface area contributed by atoms with Gasteiger partial charge in [-0.05, 0) is 152 Å². The Labute approximate surface area is 440 Å². The Kier molecular flexibility index (Phi) is 14.0. The quantitative estimate of drug-likeness (QED) is 0.0417. The molecule has 0 amide bonds. The topological polar surface area (TPSA) is 201 Å². The van der Waals surface area contributed by atoms with E-state index in [0.717, 1.165) is 59.1 Å². The molecule has 13 rings (SSSR count). The van der Waals surface area contributed by atoms with Gasteiger partial charge in [0.2, 0.25) is 5.72 Å². The maximum Gasteiger partial charge on any atom is 1.00 e. The first-order valence-electron chi connectivity index (χ1n) is 25.4. The summed E-state index contributed by atoms with van der Waals surface area (Å²) in [5.74, 6) is 4.37. The van der Waals surface area contributed by atoms with Gasteiger partial charge in [-0.3, -0.25) is 0 Å². The predicted molar refractivity (Wildman–Crippen MR) is 267 cm³/mol. The second kappa shape index (κ2) is 19.8. The number of allylic oxidation sites excluding steroid dienone is 1. The molecular weight excluding hydrogens is 922 g/mol. The van der Waals surface area contributed by atoms with Crippen molar-refractivity contribution in [2.24, 2.45) is 57.9 Å². The summed E-state index contributed by atoms with van der Waals surface area (Å²) in [4.78, 5) is 5.15. The van der Waals surface area contributed by atoms with Gasteiger partial charge in [0.1, 0.15) is 17.6 Å². The molecule has 11 nitrogen and oxygen atoms in total. The summed E-state index contributed by atoms with van der Waals surface area (Å²) in [6.07, 6.45) is 12.1. The normalized spacial score (nSPS) is 34.7. The fourth-order valence-electron chi connectivity index (χ4n) is 14.3. The van der Waals surface area contributed by atoms with Crippen molar-refractivity contribution in [3.8, 4) is 23.3 Å². The van der Waals surface area contributed by atoms with Crippen molar-refractivity contribution in [1.29, 1.82) is 0 Å². The largest absolute Gasteiger partial charge is 1.00 e. The predicted octanol–water partition coefficient (Wildman–Crippen LogP) is 5.39. The third-order valence-electron chi connectivity index (χ3n) is 17.6. The summed E-state index contributed by atoms with van der Waals surface area (Å²) in [6.45, 7) is 2.08. The minimum Gasteiger partial charge on any atom is -0.748 e. The Morgan fingerprint density at radius 1 is 0.958 bits per heavy atom. The molecule has 0 aromatic heterocycles. The number of aliphatic imine (C=N–C) groups is 1. The molecule has 0 spiro atoms. The minimum atomic E-state index is -4.92. The van der Waals surface area contributed by atoms with E-state index in [-0.39, 0.29) is 95.9 Å². The molecule has 71 heavy (non-hydrogen) atoms. The number of guanidine groups is 1. The van der Waals surface area contributed by atoms with E-state index in [4.69, 9.17) is 25.9 Å². The van der Waals surface area contributed by atoms with Crippen LogP contribution in [0, 0.1) is 53.3 Å². The van der Waals surface area contributed by atoms with Crippen LogP contribution in [-0.2, 0) is 33.4 Å². The molecule has 4 aliphatic carbocycles. The molecule has 7 N–H and O–H groups in total. The van der Waals surface area contributed by atoms with Crippen LogP contribution in [0.4, 0.5) is 0 Å². The average molecular weight is 986 g/mol. The van der Waals surface area contributed by atoms with Crippen LogP contribution in [0.1, 0.15) is 122 Å². The van der Waals surface area contributed by atoms with Crippen molar-refractivity contribution in [3.05, 3.63) is 154 Å². The molecule has 1 saturated heterocycles. The summed E-state index contributed by atoms with van der Waals surface area (Å²) in [7, 11) is -4.92. The van der Waals surface area contributed by atoms with E-state index < -0.39 is 50.6 Å². The molecule has 14 atom stereocenters. The Hall–Kier alpha value is -4.42. The van der Waals surface area contributed by atoms with E-state index in [0.29, 0.717) is 55.4 Å². The first-order valence-corrected chi connectivity index (χ1v) is 26.9. The van der Waals surface area contributed by atoms with Crippen LogP contribution in [-0.4, -0.2) is 57.8 Å². The van der Waals surface area contributed by atoms with Crippen LogP contribution < -0.4 is 45.8 Å². The number of hydrogen-bond acceptors (Lipinski definition) is 9. The maximum absolute atomic E-state index is 14.2. The van der Waals surface area contributed by atoms with Gasteiger partial charge in [0.05, 0.1) is 27.1 Å². The molecule has 2 fully saturated rings. The number of phenols is 1. The van der Waals surface area contributed by atoms with Crippen molar-refractivity contribution in [1.82, 2.24) is 0 Å². The van der Waals surface area contributed by atoms with Gasteiger partial charge in [-0.15, -0.1) is 0 Å². The zero-order chi connectivity index (χ0) is 48.5. The van der Waals surface area contributed by atoms with Gasteiger partial charge >= 0.3 is 29.6 Å². The molecule has 5 aliphatic heterocycles. The zero-order valence-electron chi connectivity index (χ0n) is 40.7. The molecule has 4 aromatic carbocycles. The molecule has 9 aliphatic rings. The number of rotatable bonds is 6. The van der Waals surface area contributed by atoms with Gasteiger partial charge < -0.3 is 40.8 Å². The van der Waals surface area contributed by atoms with Gasteiger partial charge in [0.15, 0.2) is 5.96 Å². The molecule has 5 heterocycles. The van der Waals surface area contributed by atoms with Crippen molar-refractivity contribution in [3.63, 3.8) is 0 Å². The van der Waals surface area contributed by atoms with E-state index >= 15 is 0 Å². The molecule has 13 heteroatoms. The number of nitrogens with zero attached hydrogens (tertiary/aromatic N) is 1. The van der Waals surface area contributed by atoms with Crippen LogP contribution in [0.15, 0.2) is 120 Å². The number of fused-ring (bicyclic) bond motifs is 10. The van der Waals surface area contributed by atoms with Crippen LogP contribution in [0.25, 0.3) is 0 Å². The van der Waals surface area contributed by atoms with Gasteiger partial charge in [-0.2, -0.15) is 0 Å². The number of aromatic hydroxyl groups is 1. The van der Waals surface area contributed by atoms with Crippen molar-refractivity contribution in [2.75, 3.05) is 6.61 Å². The van der Waals surface area contributed by atoms with Gasteiger partial charge in [0.25, 0.3) is 0 Å². The van der Waals surface area contributed by atoms with E-state index in [1.165, 1.54) is 0 Å². The Morgan fingerprint density at radius 2 is 1.75 bits per heavy atom. The molecular formula is C58H64N3NaO8S. The monoisotopic (exact) mass is 985 g/mol. The summed E-state index contributed by atoms with van der Waals surface area (Å²) < 4.78 is 57.2. The van der Waals surface area contributed by atoms with Gasteiger partial charge in [0, 0.05) is 47.5 Å². The molecule has 366 valence electrons. The summed E-state index contributed by atoms with van der Waals surface area (Å²) in [6, 6.07) is 29.4. The molecule has 1 saturated carbocycles. The van der Waals surface area contributed by atoms with Crippen molar-refractivity contribution < 1.29 is 67.3 Å². The first-order chi connectivity index (χ1) is 33.7. The number of aliphatic hydroxyl groups is 2. The average Bonchev–Trinajstić information content (AvgIpc) is 3.67.